The fourth-order valence-electron chi connectivity index (χ4n) is 4.14. The Morgan fingerprint density at radius 3 is 2.71 bits per heavy atom. The topological polar surface area (TPSA) is 113 Å². The summed E-state index contributed by atoms with van der Waals surface area (Å²) < 4.78 is 47.4. The highest BCUT2D eigenvalue weighted by atomic mass is 32.2. The van der Waals surface area contributed by atoms with Gasteiger partial charge in [0.2, 0.25) is 10.0 Å². The lowest BCUT2D eigenvalue weighted by Gasteiger charge is -2.24. The third-order valence-corrected chi connectivity index (χ3v) is 8.21. The average molecular weight is 502 g/mol. The number of sulfonamides is 1. The Kier molecular flexibility index (Phi) is 7.42. The zero-order valence-corrected chi connectivity index (χ0v) is 20.7. The van der Waals surface area contributed by atoms with Crippen molar-refractivity contribution in [3.63, 3.8) is 0 Å². The second kappa shape index (κ2) is 10.3. The summed E-state index contributed by atoms with van der Waals surface area (Å²) >= 11 is -1.10. The van der Waals surface area contributed by atoms with Gasteiger partial charge in [-0.05, 0) is 66.7 Å². The largest absolute Gasteiger partial charge is 0.612 e. The Morgan fingerprint density at radius 1 is 1.24 bits per heavy atom. The molecule has 10 heteroatoms. The minimum Gasteiger partial charge on any atom is -0.612 e. The van der Waals surface area contributed by atoms with Crippen LogP contribution in [0.25, 0.3) is 11.1 Å². The van der Waals surface area contributed by atoms with Gasteiger partial charge in [-0.1, -0.05) is 24.3 Å². The first kappa shape index (κ1) is 24.5. The molecule has 0 fully saturated rings. The highest BCUT2D eigenvalue weighted by Crippen LogP contribution is 2.31. The number of aromatic nitrogens is 2. The number of esters is 1. The van der Waals surface area contributed by atoms with E-state index in [1.165, 1.54) is 0 Å². The van der Waals surface area contributed by atoms with E-state index in [1.807, 2.05) is 18.2 Å². The normalized spacial score (nSPS) is 16.6. The van der Waals surface area contributed by atoms with Crippen LogP contribution in [0.5, 0.6) is 0 Å². The van der Waals surface area contributed by atoms with Crippen LogP contribution in [0.3, 0.4) is 0 Å². The third-order valence-electron chi connectivity index (χ3n) is 5.81. The summed E-state index contributed by atoms with van der Waals surface area (Å²) in [7, 11) is -3.77. The van der Waals surface area contributed by atoms with Gasteiger partial charge in [-0.2, -0.15) is 5.10 Å². The van der Waals surface area contributed by atoms with E-state index in [0.717, 1.165) is 35.2 Å². The maximum Gasteiger partial charge on any atom is 0.327 e. The summed E-state index contributed by atoms with van der Waals surface area (Å²) in [5.41, 5.74) is 3.36. The second-order valence-corrected chi connectivity index (χ2v) is 11.2. The van der Waals surface area contributed by atoms with Gasteiger partial charge >= 0.3 is 5.97 Å². The maximum absolute atomic E-state index is 13.1. The molecule has 4 rings (SSSR count). The zero-order chi connectivity index (χ0) is 24.3. The number of hydrogen-bond acceptors (Lipinski definition) is 6. The van der Waals surface area contributed by atoms with Gasteiger partial charge in [-0.15, -0.1) is 0 Å². The van der Waals surface area contributed by atoms with Gasteiger partial charge in [-0.25, -0.2) is 13.1 Å². The maximum atomic E-state index is 13.1. The second-order valence-electron chi connectivity index (χ2n) is 8.08. The molecule has 1 aromatic heterocycles. The number of ether oxygens (including phenoxy) is 1. The van der Waals surface area contributed by atoms with Crippen LogP contribution < -0.4 is 4.72 Å². The lowest BCUT2D eigenvalue weighted by Crippen LogP contribution is -2.31. The van der Waals surface area contributed by atoms with Crippen molar-refractivity contribution in [1.29, 1.82) is 0 Å². The van der Waals surface area contributed by atoms with E-state index in [4.69, 9.17) is 4.74 Å². The van der Waals surface area contributed by atoms with E-state index in [-0.39, 0.29) is 17.4 Å². The van der Waals surface area contributed by atoms with Crippen LogP contribution in [0.15, 0.2) is 64.5 Å². The minimum absolute atomic E-state index is 0.0108. The van der Waals surface area contributed by atoms with Crippen LogP contribution in [-0.4, -0.2) is 41.6 Å². The molecule has 1 heterocycles. The van der Waals surface area contributed by atoms with Gasteiger partial charge in [0.05, 0.1) is 23.7 Å². The van der Waals surface area contributed by atoms with Crippen LogP contribution in [0, 0.1) is 0 Å². The first-order valence-corrected chi connectivity index (χ1v) is 14.1. The Bertz CT molecular complexity index is 1270. The van der Waals surface area contributed by atoms with Crippen molar-refractivity contribution in [1.82, 2.24) is 14.5 Å². The molecule has 1 aliphatic carbocycles. The van der Waals surface area contributed by atoms with Gasteiger partial charge < -0.3 is 9.29 Å². The predicted molar refractivity (Wildman–Crippen MR) is 129 cm³/mol. The molecule has 8 nitrogen and oxygen atoms in total. The predicted octanol–water partition coefficient (Wildman–Crippen LogP) is 3.21. The van der Waals surface area contributed by atoms with E-state index in [2.05, 4.69) is 9.82 Å². The molecule has 1 unspecified atom stereocenters. The third kappa shape index (κ3) is 5.35. The summed E-state index contributed by atoms with van der Waals surface area (Å²) in [5.74, 6) is -0.369. The van der Waals surface area contributed by atoms with Crippen LogP contribution in [0.4, 0.5) is 0 Å². The van der Waals surface area contributed by atoms with Crippen molar-refractivity contribution < 1.29 is 22.5 Å². The first-order valence-electron chi connectivity index (χ1n) is 11.0. The summed E-state index contributed by atoms with van der Waals surface area (Å²) in [6.45, 7) is 2.06. The molecule has 3 aromatic rings. The molecule has 0 spiro atoms. The van der Waals surface area contributed by atoms with Gasteiger partial charge in [0.1, 0.15) is 12.8 Å². The minimum atomic E-state index is -3.77. The van der Waals surface area contributed by atoms with E-state index in [9.17, 15) is 17.8 Å². The SMILES string of the molecule is CCOC(=O)Cn1ncc2c1CCC[C@H]2NS(=O)(=O)c1ccc(-c2cccc([S+](C)[O-])c2)cc1. The molecule has 0 radical (unpaired) electrons. The monoisotopic (exact) mass is 501 g/mol. The molecular weight excluding hydrogens is 474 g/mol. The highest BCUT2D eigenvalue weighted by Gasteiger charge is 2.29. The molecule has 180 valence electrons. The Hall–Kier alpha value is -2.66. The quantitative estimate of drug-likeness (QED) is 0.375. The smallest absolute Gasteiger partial charge is 0.327 e. The number of nitrogens with one attached hydrogen (secondary N) is 1. The molecule has 1 aliphatic rings. The van der Waals surface area contributed by atoms with Crippen molar-refractivity contribution in [2.75, 3.05) is 12.9 Å². The van der Waals surface area contributed by atoms with Crippen molar-refractivity contribution >= 4 is 27.2 Å². The summed E-state index contributed by atoms with van der Waals surface area (Å²) in [5, 5.41) is 4.30. The lowest BCUT2D eigenvalue weighted by molar-refractivity contribution is -0.144. The van der Waals surface area contributed by atoms with E-state index in [0.29, 0.717) is 17.9 Å². The van der Waals surface area contributed by atoms with E-state index < -0.39 is 27.2 Å². The molecule has 0 amide bonds. The van der Waals surface area contributed by atoms with Crippen molar-refractivity contribution in [3.05, 3.63) is 66.0 Å². The number of hydrogen-bond donors (Lipinski definition) is 1. The van der Waals surface area contributed by atoms with E-state index >= 15 is 0 Å². The van der Waals surface area contributed by atoms with E-state index in [1.54, 1.807) is 54.4 Å². The van der Waals surface area contributed by atoms with Gasteiger partial charge in [0.25, 0.3) is 0 Å². The number of nitrogens with zero attached hydrogens (tertiary/aromatic N) is 2. The number of benzene rings is 2. The number of fused-ring (bicyclic) bond motifs is 1. The molecule has 0 bridgehead atoms. The van der Waals surface area contributed by atoms with Gasteiger partial charge in [0.15, 0.2) is 4.90 Å². The van der Waals surface area contributed by atoms with Crippen molar-refractivity contribution in [2.45, 2.75) is 48.6 Å². The number of carbonyl (C=O) groups excluding carboxylic acids is 1. The van der Waals surface area contributed by atoms with Crippen LogP contribution >= 0.6 is 0 Å². The Morgan fingerprint density at radius 2 is 2.00 bits per heavy atom. The Labute approximate surface area is 202 Å². The van der Waals surface area contributed by atoms with Crippen molar-refractivity contribution in [3.8, 4) is 11.1 Å². The Balaban J connectivity index is 1.52. The summed E-state index contributed by atoms with van der Waals surface area (Å²) in [4.78, 5) is 12.7. The lowest BCUT2D eigenvalue weighted by atomic mass is 9.94. The fourth-order valence-corrected chi connectivity index (χ4v) is 5.96. The molecule has 0 saturated carbocycles. The highest BCUT2D eigenvalue weighted by molar-refractivity contribution is 7.90. The number of carbonyl (C=O) groups is 1. The molecule has 2 atom stereocenters. The van der Waals surface area contributed by atoms with Gasteiger partial charge in [-0.3, -0.25) is 9.48 Å². The molecule has 0 saturated heterocycles. The molecule has 1 N–H and O–H groups in total. The zero-order valence-electron chi connectivity index (χ0n) is 19.1. The van der Waals surface area contributed by atoms with Crippen molar-refractivity contribution in [2.24, 2.45) is 0 Å². The molecule has 0 aliphatic heterocycles. The average Bonchev–Trinajstić information content (AvgIpc) is 3.23. The molecule has 2 aromatic carbocycles. The fraction of sp³-hybridized carbons (Fsp3) is 0.333. The summed E-state index contributed by atoms with van der Waals surface area (Å²) in [6, 6.07) is 13.6. The van der Waals surface area contributed by atoms with Crippen LogP contribution in [0.1, 0.15) is 37.1 Å². The standard InChI is InChI=1S/C24H27N3O5S2/c1-3-32-24(28)16-27-23-9-5-8-22(21(23)15-25-27)26-34(30,31)20-12-10-17(11-13-20)18-6-4-7-19(14-18)33(2)29/h4,6-7,10-15,22,26H,3,5,8-9,16H2,1-2H3/t22-,33?/m1/s1. The number of rotatable bonds is 8. The van der Waals surface area contributed by atoms with Crippen LogP contribution in [-0.2, 0) is 43.7 Å². The first-order chi connectivity index (χ1) is 16.3. The van der Waals surface area contributed by atoms with Gasteiger partial charge in [0, 0.05) is 17.3 Å². The summed E-state index contributed by atoms with van der Waals surface area (Å²) in [6.07, 6.45) is 5.41. The molecule has 34 heavy (non-hydrogen) atoms. The molecular formula is C24H27N3O5S2. The van der Waals surface area contributed by atoms with Crippen LogP contribution in [0.2, 0.25) is 0 Å².